The fraction of sp³-hybridized carbons (Fsp3) is 0.440. The van der Waals surface area contributed by atoms with Gasteiger partial charge >= 0.3 is 0 Å². The summed E-state index contributed by atoms with van der Waals surface area (Å²) in [7, 11) is 3.94. The van der Waals surface area contributed by atoms with Gasteiger partial charge < -0.3 is 15.1 Å². The van der Waals surface area contributed by atoms with Gasteiger partial charge in [0.1, 0.15) is 0 Å². The Bertz CT molecular complexity index is 778. The minimum atomic E-state index is -0.0537. The van der Waals surface area contributed by atoms with Crippen molar-refractivity contribution in [3.63, 3.8) is 0 Å². The van der Waals surface area contributed by atoms with Gasteiger partial charge in [0.25, 0.3) is 0 Å². The van der Waals surface area contributed by atoms with E-state index in [1.807, 2.05) is 36.0 Å². The maximum absolute atomic E-state index is 12.6. The summed E-state index contributed by atoms with van der Waals surface area (Å²) >= 11 is 0. The molecule has 0 radical (unpaired) electrons. The van der Waals surface area contributed by atoms with Crippen LogP contribution in [0, 0.1) is 0 Å². The van der Waals surface area contributed by atoms with Crippen LogP contribution in [0.3, 0.4) is 0 Å². The summed E-state index contributed by atoms with van der Waals surface area (Å²) in [4.78, 5) is 30.9. The third-order valence-electron chi connectivity index (χ3n) is 5.71. The molecular weight excluding hydrogens is 388 g/mol. The highest BCUT2D eigenvalue weighted by molar-refractivity contribution is 5.83. The minimum Gasteiger partial charge on any atom is -0.355 e. The van der Waals surface area contributed by atoms with E-state index in [1.165, 1.54) is 11.1 Å². The Morgan fingerprint density at radius 1 is 0.871 bits per heavy atom. The first-order valence-corrected chi connectivity index (χ1v) is 11.1. The number of hydrogen-bond donors (Lipinski definition) is 1. The lowest BCUT2D eigenvalue weighted by atomic mass is 9.96. The van der Waals surface area contributed by atoms with Crippen LogP contribution < -0.4 is 5.32 Å². The molecule has 6 nitrogen and oxygen atoms in total. The van der Waals surface area contributed by atoms with E-state index < -0.39 is 0 Å². The first-order chi connectivity index (χ1) is 15.0. The van der Waals surface area contributed by atoms with Crippen molar-refractivity contribution in [1.82, 2.24) is 20.0 Å². The quantitative estimate of drug-likeness (QED) is 0.674. The smallest absolute Gasteiger partial charge is 0.223 e. The lowest BCUT2D eigenvalue weighted by Crippen LogP contribution is -2.50. The molecule has 0 aliphatic carbocycles. The summed E-state index contributed by atoms with van der Waals surface area (Å²) in [5.41, 5.74) is 2.53. The third kappa shape index (κ3) is 6.91. The van der Waals surface area contributed by atoms with Gasteiger partial charge in [0.15, 0.2) is 0 Å². The number of carbonyl (C=O) groups is 2. The van der Waals surface area contributed by atoms with E-state index in [1.54, 1.807) is 0 Å². The Kier molecular flexibility index (Phi) is 8.62. The molecule has 31 heavy (non-hydrogen) atoms. The number of likely N-dealkylation sites (N-methyl/N-ethyl adjacent to an activating group) is 1. The van der Waals surface area contributed by atoms with Gasteiger partial charge in [-0.2, -0.15) is 0 Å². The predicted octanol–water partition coefficient (Wildman–Crippen LogP) is 2.38. The lowest BCUT2D eigenvalue weighted by Gasteiger charge is -2.39. The van der Waals surface area contributed by atoms with Crippen LogP contribution in [-0.4, -0.2) is 79.9 Å². The SMILES string of the molecule is CN(C)CCNC(=O)CCC(=O)N1CCN(C(c2ccccc2)c2ccccc2)CC1. The molecule has 1 saturated heterocycles. The Morgan fingerprint density at radius 2 is 1.42 bits per heavy atom. The predicted molar refractivity (Wildman–Crippen MR) is 124 cm³/mol. The Morgan fingerprint density at radius 3 is 1.94 bits per heavy atom. The molecule has 1 aliphatic rings. The second-order valence-electron chi connectivity index (χ2n) is 8.29. The molecule has 1 fully saturated rings. The molecule has 0 spiro atoms. The van der Waals surface area contributed by atoms with E-state index in [2.05, 4.69) is 58.7 Å². The van der Waals surface area contributed by atoms with Crippen molar-refractivity contribution < 1.29 is 9.59 Å². The van der Waals surface area contributed by atoms with Crippen LogP contribution in [0.4, 0.5) is 0 Å². The molecule has 0 aromatic heterocycles. The largest absolute Gasteiger partial charge is 0.355 e. The van der Waals surface area contributed by atoms with Crippen LogP contribution in [0.1, 0.15) is 30.0 Å². The van der Waals surface area contributed by atoms with Crippen molar-refractivity contribution in [2.24, 2.45) is 0 Å². The zero-order valence-corrected chi connectivity index (χ0v) is 18.7. The Hall–Kier alpha value is -2.70. The average molecular weight is 423 g/mol. The van der Waals surface area contributed by atoms with Crippen LogP contribution in [0.5, 0.6) is 0 Å². The first-order valence-electron chi connectivity index (χ1n) is 11.1. The van der Waals surface area contributed by atoms with E-state index >= 15 is 0 Å². The van der Waals surface area contributed by atoms with Gasteiger partial charge in [-0.15, -0.1) is 0 Å². The lowest BCUT2D eigenvalue weighted by molar-refractivity contribution is -0.135. The maximum Gasteiger partial charge on any atom is 0.223 e. The number of benzene rings is 2. The van der Waals surface area contributed by atoms with E-state index in [0.717, 1.165) is 19.6 Å². The highest BCUT2D eigenvalue weighted by atomic mass is 16.2. The van der Waals surface area contributed by atoms with E-state index in [-0.39, 0.29) is 30.7 Å². The van der Waals surface area contributed by atoms with Crippen molar-refractivity contribution in [3.8, 4) is 0 Å². The van der Waals surface area contributed by atoms with Crippen molar-refractivity contribution in [2.45, 2.75) is 18.9 Å². The van der Waals surface area contributed by atoms with Crippen molar-refractivity contribution in [1.29, 1.82) is 0 Å². The monoisotopic (exact) mass is 422 g/mol. The molecule has 6 heteroatoms. The van der Waals surface area contributed by atoms with Gasteiger partial charge in [-0.3, -0.25) is 14.5 Å². The molecule has 2 amide bonds. The van der Waals surface area contributed by atoms with Gasteiger partial charge in [0, 0.05) is 52.1 Å². The van der Waals surface area contributed by atoms with Crippen LogP contribution in [0.25, 0.3) is 0 Å². The normalized spacial score (nSPS) is 14.8. The Labute approximate surface area is 185 Å². The van der Waals surface area contributed by atoms with Crippen molar-refractivity contribution in [3.05, 3.63) is 71.8 Å². The fourth-order valence-electron chi connectivity index (χ4n) is 4.00. The molecule has 166 valence electrons. The standard InChI is InChI=1S/C25H34N4O2/c1-27(2)16-15-26-23(30)13-14-24(31)28-17-19-29(20-18-28)25(21-9-5-3-6-10-21)22-11-7-4-8-12-22/h3-12,25H,13-20H2,1-2H3,(H,26,30). The molecule has 0 atom stereocenters. The first kappa shape index (κ1) is 23.0. The van der Waals surface area contributed by atoms with Gasteiger partial charge in [0.05, 0.1) is 6.04 Å². The second-order valence-corrected chi connectivity index (χ2v) is 8.29. The summed E-state index contributed by atoms with van der Waals surface area (Å²) in [5, 5.41) is 2.87. The molecular formula is C25H34N4O2. The van der Waals surface area contributed by atoms with Crippen LogP contribution >= 0.6 is 0 Å². The van der Waals surface area contributed by atoms with Crippen molar-refractivity contribution in [2.75, 3.05) is 53.4 Å². The molecule has 3 rings (SSSR count). The fourth-order valence-corrected chi connectivity index (χ4v) is 4.00. The third-order valence-corrected chi connectivity index (χ3v) is 5.71. The van der Waals surface area contributed by atoms with Gasteiger partial charge in [-0.05, 0) is 25.2 Å². The molecule has 2 aromatic rings. The molecule has 0 unspecified atom stereocenters. The van der Waals surface area contributed by atoms with Gasteiger partial charge in [0.2, 0.25) is 11.8 Å². The zero-order valence-electron chi connectivity index (χ0n) is 18.7. The molecule has 1 heterocycles. The number of carbonyl (C=O) groups excluding carboxylic acids is 2. The number of nitrogens with zero attached hydrogens (tertiary/aromatic N) is 3. The Balaban J connectivity index is 1.52. The minimum absolute atomic E-state index is 0.0537. The van der Waals surface area contributed by atoms with E-state index in [4.69, 9.17) is 0 Å². The number of nitrogens with one attached hydrogen (secondary N) is 1. The van der Waals surface area contributed by atoms with Crippen molar-refractivity contribution >= 4 is 11.8 Å². The van der Waals surface area contributed by atoms with Crippen LogP contribution in [0.15, 0.2) is 60.7 Å². The molecule has 0 saturated carbocycles. The topological polar surface area (TPSA) is 55.9 Å². The number of hydrogen-bond acceptors (Lipinski definition) is 4. The number of rotatable bonds is 9. The molecule has 1 N–H and O–H groups in total. The molecule has 2 aromatic carbocycles. The summed E-state index contributed by atoms with van der Waals surface area (Å²) in [6, 6.07) is 21.3. The summed E-state index contributed by atoms with van der Waals surface area (Å²) in [6.07, 6.45) is 0.526. The second kappa shape index (κ2) is 11.6. The highest BCUT2D eigenvalue weighted by Gasteiger charge is 2.28. The zero-order chi connectivity index (χ0) is 22.1. The van der Waals surface area contributed by atoms with Crippen LogP contribution in [-0.2, 0) is 9.59 Å². The van der Waals surface area contributed by atoms with Crippen LogP contribution in [0.2, 0.25) is 0 Å². The van der Waals surface area contributed by atoms with Gasteiger partial charge in [-0.25, -0.2) is 0 Å². The molecule has 0 bridgehead atoms. The summed E-state index contributed by atoms with van der Waals surface area (Å²) in [6.45, 7) is 4.42. The summed E-state index contributed by atoms with van der Waals surface area (Å²) < 4.78 is 0. The summed E-state index contributed by atoms with van der Waals surface area (Å²) in [5.74, 6) is 0.0143. The number of amides is 2. The number of piperazine rings is 1. The molecule has 1 aliphatic heterocycles. The maximum atomic E-state index is 12.6. The van der Waals surface area contributed by atoms with E-state index in [9.17, 15) is 9.59 Å². The van der Waals surface area contributed by atoms with E-state index in [0.29, 0.717) is 19.6 Å². The van der Waals surface area contributed by atoms with Gasteiger partial charge in [-0.1, -0.05) is 60.7 Å². The average Bonchev–Trinajstić information content (AvgIpc) is 2.79. The highest BCUT2D eigenvalue weighted by Crippen LogP contribution is 2.29.